The first-order valence-corrected chi connectivity index (χ1v) is 9.49. The number of amides is 1. The summed E-state index contributed by atoms with van der Waals surface area (Å²) in [5.41, 5.74) is 2.40. The van der Waals surface area contributed by atoms with Gasteiger partial charge < -0.3 is 10.2 Å². The molecule has 1 atom stereocenters. The van der Waals surface area contributed by atoms with E-state index in [-0.39, 0.29) is 11.4 Å². The Morgan fingerprint density at radius 1 is 1.27 bits per heavy atom. The summed E-state index contributed by atoms with van der Waals surface area (Å²) in [5, 5.41) is 8.44. The largest absolute Gasteiger partial charge is 0.395 e. The Morgan fingerprint density at radius 2 is 2.08 bits per heavy atom. The van der Waals surface area contributed by atoms with Crippen molar-refractivity contribution in [3.05, 3.63) is 42.1 Å². The summed E-state index contributed by atoms with van der Waals surface area (Å²) in [5.74, 6) is 0.266. The van der Waals surface area contributed by atoms with Crippen LogP contribution in [0.25, 0.3) is 10.9 Å². The highest BCUT2D eigenvalue weighted by molar-refractivity contribution is 5.97. The van der Waals surface area contributed by atoms with E-state index in [1.165, 1.54) is 6.42 Å². The quantitative estimate of drug-likeness (QED) is 0.903. The number of oxime groups is 1. The number of carbonyl (C=O) groups is 1. The van der Waals surface area contributed by atoms with Crippen molar-refractivity contribution in [1.82, 2.24) is 10.3 Å². The highest BCUT2D eigenvalue weighted by atomic mass is 16.6. The number of hydrogen-bond donors (Lipinski definition) is 1. The Balaban J connectivity index is 1.55. The summed E-state index contributed by atoms with van der Waals surface area (Å²) in [7, 11) is 0. The van der Waals surface area contributed by atoms with Crippen molar-refractivity contribution >= 4 is 22.5 Å². The van der Waals surface area contributed by atoms with Crippen molar-refractivity contribution in [2.75, 3.05) is 6.61 Å². The summed E-state index contributed by atoms with van der Waals surface area (Å²) in [6.07, 6.45) is 8.16. The molecule has 0 spiro atoms. The summed E-state index contributed by atoms with van der Waals surface area (Å²) in [6.45, 7) is 2.64. The summed E-state index contributed by atoms with van der Waals surface area (Å²) >= 11 is 0. The van der Waals surface area contributed by atoms with Crippen LogP contribution >= 0.6 is 0 Å². The molecule has 26 heavy (non-hydrogen) atoms. The van der Waals surface area contributed by atoms with Gasteiger partial charge in [-0.15, -0.1) is 0 Å². The molecule has 1 aromatic heterocycles. The van der Waals surface area contributed by atoms with E-state index >= 15 is 0 Å². The van der Waals surface area contributed by atoms with Gasteiger partial charge in [0.15, 0.2) is 0 Å². The number of benzene rings is 1. The van der Waals surface area contributed by atoms with Crippen LogP contribution in [0.2, 0.25) is 0 Å². The fourth-order valence-electron chi connectivity index (χ4n) is 4.22. The van der Waals surface area contributed by atoms with Crippen LogP contribution in [0.4, 0.5) is 0 Å². The molecule has 1 amide bonds. The summed E-state index contributed by atoms with van der Waals surface area (Å²) < 4.78 is 0. The van der Waals surface area contributed by atoms with E-state index in [9.17, 15) is 4.79 Å². The zero-order valence-corrected chi connectivity index (χ0v) is 15.2. The molecule has 0 saturated heterocycles. The number of aromatic nitrogens is 1. The number of hydrogen-bond acceptors (Lipinski definition) is 4. The summed E-state index contributed by atoms with van der Waals surface area (Å²) in [4.78, 5) is 22.7. The van der Waals surface area contributed by atoms with Crippen LogP contribution in [-0.4, -0.2) is 28.7 Å². The van der Waals surface area contributed by atoms with E-state index in [4.69, 9.17) is 4.84 Å². The van der Waals surface area contributed by atoms with Crippen LogP contribution in [0, 0.1) is 5.92 Å². The van der Waals surface area contributed by atoms with Gasteiger partial charge in [0.05, 0.1) is 16.8 Å². The molecule has 2 aromatic rings. The molecule has 2 heterocycles. The van der Waals surface area contributed by atoms with Gasteiger partial charge in [-0.05, 0) is 38.3 Å². The zero-order valence-electron chi connectivity index (χ0n) is 15.2. The first-order chi connectivity index (χ1) is 12.7. The minimum absolute atomic E-state index is 0.0290. The maximum absolute atomic E-state index is 13.0. The van der Waals surface area contributed by atoms with E-state index in [1.54, 1.807) is 6.20 Å². The lowest BCUT2D eigenvalue weighted by Crippen LogP contribution is -2.51. The fourth-order valence-corrected chi connectivity index (χ4v) is 4.22. The Bertz CT molecular complexity index is 840. The van der Waals surface area contributed by atoms with Crippen molar-refractivity contribution in [2.24, 2.45) is 11.1 Å². The van der Waals surface area contributed by atoms with Gasteiger partial charge in [0.25, 0.3) is 5.91 Å². The predicted molar refractivity (Wildman–Crippen MR) is 102 cm³/mol. The second-order valence-corrected chi connectivity index (χ2v) is 7.64. The zero-order chi connectivity index (χ0) is 18.0. The monoisotopic (exact) mass is 351 g/mol. The second-order valence-electron chi connectivity index (χ2n) is 7.64. The molecule has 136 valence electrons. The summed E-state index contributed by atoms with van der Waals surface area (Å²) in [6, 6.07) is 9.81. The Kier molecular flexibility index (Phi) is 4.62. The lowest BCUT2D eigenvalue weighted by Gasteiger charge is -2.39. The minimum Gasteiger partial charge on any atom is -0.395 e. The number of nitrogens with one attached hydrogen (secondary N) is 1. The van der Waals surface area contributed by atoms with Crippen LogP contribution < -0.4 is 5.32 Å². The van der Waals surface area contributed by atoms with Crippen molar-refractivity contribution in [3.8, 4) is 0 Å². The van der Waals surface area contributed by atoms with Crippen LogP contribution in [0.1, 0.15) is 55.8 Å². The van der Waals surface area contributed by atoms with Crippen LogP contribution in [0.5, 0.6) is 0 Å². The topological polar surface area (TPSA) is 63.6 Å². The number of carbonyl (C=O) groups excluding carboxylic acids is 1. The SMILES string of the molecule is CC1=NOCC1CC1(NC(=O)c2cnc3ccccc3c2)CCCCC1. The molecule has 2 aliphatic rings. The fraction of sp³-hybridized carbons (Fsp3) is 0.476. The smallest absolute Gasteiger partial charge is 0.253 e. The van der Waals surface area contributed by atoms with Gasteiger partial charge >= 0.3 is 0 Å². The second kappa shape index (κ2) is 7.06. The average molecular weight is 351 g/mol. The molecular formula is C21H25N3O2. The van der Waals surface area contributed by atoms with Gasteiger partial charge in [0.2, 0.25) is 0 Å². The van der Waals surface area contributed by atoms with Gasteiger partial charge in [-0.25, -0.2) is 0 Å². The minimum atomic E-state index is -0.171. The van der Waals surface area contributed by atoms with Gasteiger partial charge in [-0.2, -0.15) is 0 Å². The molecular weight excluding hydrogens is 326 g/mol. The third-order valence-electron chi connectivity index (χ3n) is 5.75. The molecule has 5 heteroatoms. The Labute approximate surface area is 153 Å². The first-order valence-electron chi connectivity index (χ1n) is 9.49. The number of para-hydroxylation sites is 1. The lowest BCUT2D eigenvalue weighted by atomic mass is 9.75. The lowest BCUT2D eigenvalue weighted by molar-refractivity contribution is 0.0826. The molecule has 1 aromatic carbocycles. The van der Waals surface area contributed by atoms with Gasteiger partial charge in [0, 0.05) is 23.0 Å². The predicted octanol–water partition coefficient (Wildman–Crippen LogP) is 4.08. The molecule has 1 aliphatic heterocycles. The third-order valence-corrected chi connectivity index (χ3v) is 5.75. The third kappa shape index (κ3) is 3.43. The van der Waals surface area contributed by atoms with Gasteiger partial charge in [-0.3, -0.25) is 9.78 Å². The van der Waals surface area contributed by atoms with Crippen LogP contribution in [-0.2, 0) is 4.84 Å². The van der Waals surface area contributed by atoms with E-state index in [0.717, 1.165) is 48.7 Å². The molecule has 1 saturated carbocycles. The molecule has 1 unspecified atom stereocenters. The van der Waals surface area contributed by atoms with Crippen molar-refractivity contribution < 1.29 is 9.63 Å². The molecule has 5 nitrogen and oxygen atoms in total. The highest BCUT2D eigenvalue weighted by Crippen LogP contribution is 2.35. The van der Waals surface area contributed by atoms with Crippen molar-refractivity contribution in [1.29, 1.82) is 0 Å². The maximum Gasteiger partial charge on any atom is 0.253 e. The van der Waals surface area contributed by atoms with Crippen molar-refractivity contribution in [3.63, 3.8) is 0 Å². The Morgan fingerprint density at radius 3 is 2.85 bits per heavy atom. The normalized spacial score (nSPS) is 21.9. The van der Waals surface area contributed by atoms with E-state index in [0.29, 0.717) is 18.1 Å². The number of rotatable bonds is 4. The number of pyridine rings is 1. The number of nitrogens with zero attached hydrogens (tertiary/aromatic N) is 2. The average Bonchev–Trinajstić information content (AvgIpc) is 3.06. The molecule has 4 rings (SSSR count). The number of fused-ring (bicyclic) bond motifs is 1. The molecule has 1 N–H and O–H groups in total. The highest BCUT2D eigenvalue weighted by Gasteiger charge is 2.38. The van der Waals surface area contributed by atoms with Crippen LogP contribution in [0.15, 0.2) is 41.7 Å². The maximum atomic E-state index is 13.0. The first kappa shape index (κ1) is 17.0. The molecule has 1 aliphatic carbocycles. The standard InChI is InChI=1S/C21H25N3O2/c1-15-18(14-26-24-15)12-21(9-5-2-6-10-21)23-20(25)17-11-16-7-3-4-8-19(16)22-13-17/h3-4,7-8,11,13,18H,2,5-6,9-10,12,14H2,1H3,(H,23,25). The van der Waals surface area contributed by atoms with Crippen molar-refractivity contribution in [2.45, 2.75) is 51.0 Å². The van der Waals surface area contributed by atoms with Gasteiger partial charge in [0.1, 0.15) is 6.61 Å². The van der Waals surface area contributed by atoms with E-state index in [1.807, 2.05) is 37.3 Å². The van der Waals surface area contributed by atoms with Crippen LogP contribution in [0.3, 0.4) is 0 Å². The molecule has 1 fully saturated rings. The molecule has 0 bridgehead atoms. The van der Waals surface area contributed by atoms with E-state index < -0.39 is 0 Å². The Hall–Kier alpha value is -2.43. The van der Waals surface area contributed by atoms with E-state index in [2.05, 4.69) is 15.5 Å². The molecule has 0 radical (unpaired) electrons. The van der Waals surface area contributed by atoms with Gasteiger partial charge in [-0.1, -0.05) is 42.6 Å².